The number of carbonyl (C=O) groups excluding carboxylic acids is 1. The second kappa shape index (κ2) is 16.4. The number of amides is 1. The summed E-state index contributed by atoms with van der Waals surface area (Å²) in [4.78, 5) is 73.5. The van der Waals surface area contributed by atoms with Crippen molar-refractivity contribution in [1.29, 1.82) is 0 Å². The normalized spacial score (nSPS) is 21.2. The van der Waals surface area contributed by atoms with Crippen LogP contribution in [-0.2, 0) is 19.2 Å². The van der Waals surface area contributed by atoms with Crippen molar-refractivity contribution in [3.05, 3.63) is 96.7 Å². The summed E-state index contributed by atoms with van der Waals surface area (Å²) in [6.45, 7) is 9.52. The summed E-state index contributed by atoms with van der Waals surface area (Å²) in [7, 11) is 1.60. The fourth-order valence-corrected chi connectivity index (χ4v) is 8.60. The maximum atomic E-state index is 14.0. The van der Waals surface area contributed by atoms with Crippen LogP contribution in [0.25, 0.3) is 36.0 Å². The molecule has 4 aliphatic rings. The van der Waals surface area contributed by atoms with Crippen LogP contribution in [0.3, 0.4) is 0 Å². The van der Waals surface area contributed by atoms with Gasteiger partial charge in [0.2, 0.25) is 5.91 Å². The molecular formula is C45H46N6O10. The van der Waals surface area contributed by atoms with Gasteiger partial charge in [0, 0.05) is 35.1 Å². The predicted molar refractivity (Wildman–Crippen MR) is 229 cm³/mol. The van der Waals surface area contributed by atoms with Gasteiger partial charge in [0.25, 0.3) is 0 Å². The summed E-state index contributed by atoms with van der Waals surface area (Å²) in [6, 6.07) is 5.80. The molecule has 16 nitrogen and oxygen atoms in total. The molecule has 4 aliphatic heterocycles. The first kappa shape index (κ1) is 41.9. The molecule has 7 rings (SSSR count). The Morgan fingerprint density at radius 3 is 2.25 bits per heavy atom. The standard InChI is InChI=1S/C45H46N6O10/c1-7-27-21(2)31-18-37-28(13-10-25-8-11-26(61-6)12-9-25)23(4)35-17-32-22(3)29(14-15-39(53)54)42(48-32)30(16-38(52)47-34(44(57)58)20-40(55)56)43-41(45(59)60)24(5)36(19-33(27)46-31)51(43)49-50(35)37/h8-13,17-19,22,29,34,49H,7,14-16,20H2,1-6H3,(H,47,52)(H,53,54)(H,55,56)(H,57,58)(H,59,60)/b13-10+,31-18-,32-17-,33-19?,35-17?,36-19-,37-18?,42-30?,43-30-/t22-,29-,34-/m0/s1. The highest BCUT2D eigenvalue weighted by Crippen LogP contribution is 2.41. The third-order valence-corrected chi connectivity index (χ3v) is 11.8. The number of carbonyl (C=O) groups is 5. The van der Waals surface area contributed by atoms with Crippen molar-refractivity contribution < 1.29 is 49.1 Å². The molecular weight excluding hydrogens is 785 g/mol. The Kier molecular flexibility index (Phi) is 11.3. The highest BCUT2D eigenvalue weighted by atomic mass is 16.5. The molecule has 6 N–H and O–H groups in total. The Balaban J connectivity index is 1.61. The summed E-state index contributed by atoms with van der Waals surface area (Å²) in [5, 5.41) is 42.9. The minimum atomic E-state index is -1.79. The molecule has 0 fully saturated rings. The van der Waals surface area contributed by atoms with E-state index < -0.39 is 60.5 Å². The zero-order chi connectivity index (χ0) is 44.0. The molecule has 0 radical (unpaired) electrons. The number of fused-ring (bicyclic) bond motifs is 2. The van der Waals surface area contributed by atoms with E-state index in [2.05, 4.69) is 10.9 Å². The van der Waals surface area contributed by atoms with Crippen LogP contribution in [-0.4, -0.2) is 84.1 Å². The van der Waals surface area contributed by atoms with Gasteiger partial charge in [0.15, 0.2) is 0 Å². The van der Waals surface area contributed by atoms with Crippen molar-refractivity contribution in [2.45, 2.75) is 72.8 Å². The summed E-state index contributed by atoms with van der Waals surface area (Å²) in [5.74, 6) is -6.64. The zero-order valence-corrected chi connectivity index (χ0v) is 34.5. The van der Waals surface area contributed by atoms with Crippen LogP contribution in [0.15, 0.2) is 56.8 Å². The highest BCUT2D eigenvalue weighted by Gasteiger charge is 2.39. The summed E-state index contributed by atoms with van der Waals surface area (Å²) in [6.07, 6.45) is 8.55. The highest BCUT2D eigenvalue weighted by molar-refractivity contribution is 6.26. The molecule has 6 bridgehead atoms. The maximum absolute atomic E-state index is 14.0. The minimum absolute atomic E-state index is 0.0339. The van der Waals surface area contributed by atoms with Crippen molar-refractivity contribution in [2.24, 2.45) is 21.8 Å². The van der Waals surface area contributed by atoms with E-state index in [1.54, 1.807) is 24.8 Å². The van der Waals surface area contributed by atoms with Crippen LogP contribution in [0.1, 0.15) is 96.9 Å². The van der Waals surface area contributed by atoms with Crippen molar-refractivity contribution in [1.82, 2.24) is 14.7 Å². The average molecular weight is 831 g/mol. The number of ether oxygens (including phenoxy) is 1. The Labute approximate surface area is 349 Å². The van der Waals surface area contributed by atoms with Gasteiger partial charge in [-0.2, -0.15) is 0 Å². The first-order valence-electron chi connectivity index (χ1n) is 19.8. The van der Waals surface area contributed by atoms with E-state index in [1.165, 1.54) is 0 Å². The predicted octanol–water partition coefficient (Wildman–Crippen LogP) is 4.62. The number of aliphatic carboxylic acids is 3. The summed E-state index contributed by atoms with van der Waals surface area (Å²) in [5.41, 5.74) is 11.7. The lowest BCUT2D eigenvalue weighted by Crippen LogP contribution is -2.45. The van der Waals surface area contributed by atoms with Gasteiger partial charge in [0.1, 0.15) is 11.8 Å². The topological polar surface area (TPSA) is 234 Å². The van der Waals surface area contributed by atoms with Crippen molar-refractivity contribution in [3.63, 3.8) is 0 Å². The SMILES string of the molecule is CCC1=C(C)/C2=C/c3c(/C=C/c4ccc(OC)cc4)c(C)c4n3Nn3/c(c(C)c(C(=O)O)/c3=C(\CC(=O)N[C@@H](CC(=O)O)C(=O)O)C3=N/C(=C\4)[C@@H](C)[C@@H]3CCC(=O)O)=C\C1=N2. The van der Waals surface area contributed by atoms with Gasteiger partial charge < -0.3 is 30.5 Å². The number of hydrogen-bond acceptors (Lipinski definition) is 9. The zero-order valence-electron chi connectivity index (χ0n) is 34.5. The number of allylic oxidation sites excluding steroid dienone is 3. The number of carboxylic acids is 4. The lowest BCUT2D eigenvalue weighted by molar-refractivity contribution is -0.147. The van der Waals surface area contributed by atoms with Crippen molar-refractivity contribution >= 4 is 77.2 Å². The number of hydrogen-bond donors (Lipinski definition) is 6. The van der Waals surface area contributed by atoms with E-state index in [1.807, 2.05) is 80.9 Å². The van der Waals surface area contributed by atoms with Gasteiger partial charge in [-0.1, -0.05) is 38.1 Å². The van der Waals surface area contributed by atoms with Crippen LogP contribution >= 0.6 is 0 Å². The van der Waals surface area contributed by atoms with Gasteiger partial charge in [-0.3, -0.25) is 19.4 Å². The monoisotopic (exact) mass is 830 g/mol. The van der Waals surface area contributed by atoms with Gasteiger partial charge in [-0.15, -0.1) is 0 Å². The summed E-state index contributed by atoms with van der Waals surface area (Å²) < 4.78 is 8.77. The van der Waals surface area contributed by atoms with E-state index in [4.69, 9.17) is 14.7 Å². The third-order valence-electron chi connectivity index (χ3n) is 11.8. The molecule has 1 amide bonds. The smallest absolute Gasteiger partial charge is 0.338 e. The molecule has 0 aliphatic carbocycles. The van der Waals surface area contributed by atoms with E-state index in [0.717, 1.165) is 27.8 Å². The van der Waals surface area contributed by atoms with Crippen LogP contribution in [0.4, 0.5) is 0 Å². The van der Waals surface area contributed by atoms with Crippen molar-refractivity contribution in [3.8, 4) is 5.75 Å². The number of aromatic carboxylic acids is 1. The van der Waals surface area contributed by atoms with E-state index in [9.17, 15) is 44.4 Å². The number of nitrogens with one attached hydrogen (secondary N) is 2. The maximum Gasteiger partial charge on any atom is 0.338 e. The molecule has 316 valence electrons. The number of benzene rings is 1. The number of nitrogens with zero attached hydrogens (tertiary/aromatic N) is 4. The largest absolute Gasteiger partial charge is 0.497 e. The molecule has 16 heteroatoms. The molecule has 6 heterocycles. The molecule has 0 unspecified atom stereocenters. The van der Waals surface area contributed by atoms with E-state index in [0.29, 0.717) is 51.6 Å². The Morgan fingerprint density at radius 1 is 0.902 bits per heavy atom. The molecule has 0 saturated heterocycles. The lowest BCUT2D eigenvalue weighted by atomic mass is 9.82. The molecule has 61 heavy (non-hydrogen) atoms. The molecule has 0 spiro atoms. The number of rotatable bonds is 14. The molecule has 2 aromatic heterocycles. The van der Waals surface area contributed by atoms with Crippen LogP contribution in [0.5, 0.6) is 5.75 Å². The Hall–Kier alpha value is -7.23. The van der Waals surface area contributed by atoms with Gasteiger partial charge in [0.05, 0.1) is 64.7 Å². The molecule has 3 aromatic rings. The quantitative estimate of drug-likeness (QED) is 0.131. The van der Waals surface area contributed by atoms with Crippen LogP contribution in [0.2, 0.25) is 0 Å². The fourth-order valence-electron chi connectivity index (χ4n) is 8.60. The number of carboxylic acid groups (broad SMARTS) is 4. The number of aliphatic imine (C=N–C) groups is 2. The second-order valence-electron chi connectivity index (χ2n) is 15.5. The van der Waals surface area contributed by atoms with Gasteiger partial charge in [-0.05, 0) is 91.8 Å². The molecule has 0 saturated carbocycles. The van der Waals surface area contributed by atoms with E-state index >= 15 is 0 Å². The number of methoxy groups -OCH3 is 1. The minimum Gasteiger partial charge on any atom is -0.497 e. The fraction of sp³-hybridized carbons (Fsp3) is 0.311. The Morgan fingerprint density at radius 2 is 1.62 bits per heavy atom. The third kappa shape index (κ3) is 7.72. The Bertz CT molecular complexity index is 2760. The first-order valence-corrected chi connectivity index (χ1v) is 19.8. The molecule has 1 aromatic carbocycles. The van der Waals surface area contributed by atoms with Crippen LogP contribution in [0, 0.1) is 25.7 Å². The summed E-state index contributed by atoms with van der Waals surface area (Å²) >= 11 is 0. The van der Waals surface area contributed by atoms with Gasteiger partial charge in [-0.25, -0.2) is 29.5 Å². The second-order valence-corrected chi connectivity index (χ2v) is 15.5. The van der Waals surface area contributed by atoms with Gasteiger partial charge >= 0.3 is 23.9 Å². The molecule has 3 atom stereocenters. The lowest BCUT2D eigenvalue weighted by Gasteiger charge is -2.21. The van der Waals surface area contributed by atoms with Crippen LogP contribution < -0.4 is 26.3 Å². The van der Waals surface area contributed by atoms with Crippen molar-refractivity contribution in [2.75, 3.05) is 12.6 Å². The van der Waals surface area contributed by atoms with E-state index in [-0.39, 0.29) is 35.0 Å². The number of aromatic nitrogens is 2. The first-order chi connectivity index (χ1) is 29.0. The average Bonchev–Trinajstić information content (AvgIpc) is 3.85.